The molecule has 4 aromatic rings. The molecule has 0 N–H and O–H groups in total. The van der Waals surface area contributed by atoms with Crippen molar-refractivity contribution in [3.8, 4) is 0 Å². The second-order valence-electron chi connectivity index (χ2n) is 8.25. The number of thiophene rings is 2. The monoisotopic (exact) mass is 616 g/mol. The molecule has 16 heteroatoms. The van der Waals surface area contributed by atoms with Crippen LogP contribution in [0.3, 0.4) is 0 Å². The molecule has 0 aliphatic carbocycles. The molecule has 0 atom stereocenters. The van der Waals surface area contributed by atoms with E-state index in [1.165, 1.54) is 34.4 Å². The van der Waals surface area contributed by atoms with Crippen molar-refractivity contribution in [3.63, 3.8) is 0 Å². The van der Waals surface area contributed by atoms with E-state index in [1.54, 1.807) is 13.0 Å². The Morgan fingerprint density at radius 1 is 0.789 bits per heavy atom. The standard InChI is InChI=1S/C11H11F3N2O2S2.C11H11F3N2S2/c1-6-5-7-9(19-6)15-8(3-4-11(12,13)14)16-10(7)20(2,17)18;1-6-5-7-9(17-2)15-8(16-10(7)18-6)3-4-11(12,13)14/h5H,3-4H2,1-2H3;5H,3-4H2,1-2H3. The summed E-state index contributed by atoms with van der Waals surface area (Å²) in [5.41, 5.74) is 0. The van der Waals surface area contributed by atoms with Gasteiger partial charge in [-0.3, -0.25) is 0 Å². The van der Waals surface area contributed by atoms with E-state index >= 15 is 0 Å². The summed E-state index contributed by atoms with van der Waals surface area (Å²) in [6.07, 6.45) is -8.19. The molecular formula is C22H22F6N4O2S4. The molecule has 0 aliphatic heterocycles. The predicted molar refractivity (Wildman–Crippen MR) is 138 cm³/mol. The first kappa shape index (κ1) is 30.5. The second kappa shape index (κ2) is 11.6. The molecule has 4 heterocycles. The van der Waals surface area contributed by atoms with Gasteiger partial charge in [0.15, 0.2) is 14.9 Å². The molecule has 4 aromatic heterocycles. The highest BCUT2D eigenvalue weighted by Crippen LogP contribution is 2.31. The number of fused-ring (bicyclic) bond motifs is 2. The SMILES string of the molecule is CSc1nc(CCC(F)(F)F)nc2sc(C)cc12.Cc1cc2c(S(C)(=O)=O)nc(CCC(F)(F)F)nc2s1. The average molecular weight is 617 g/mol. The van der Waals surface area contributed by atoms with Crippen LogP contribution in [0.5, 0.6) is 0 Å². The largest absolute Gasteiger partial charge is 0.389 e. The van der Waals surface area contributed by atoms with E-state index in [0.717, 1.165) is 31.3 Å². The fourth-order valence-electron chi connectivity index (χ4n) is 3.28. The van der Waals surface area contributed by atoms with Gasteiger partial charge in [0.05, 0.1) is 12.8 Å². The first-order valence-corrected chi connectivity index (χ1v) is 15.6. The van der Waals surface area contributed by atoms with Crippen LogP contribution in [0, 0.1) is 13.8 Å². The van der Waals surface area contributed by atoms with E-state index in [4.69, 9.17) is 0 Å². The van der Waals surface area contributed by atoms with Crippen LogP contribution in [0.1, 0.15) is 34.2 Å². The van der Waals surface area contributed by atoms with Crippen LogP contribution in [-0.4, -0.2) is 53.2 Å². The van der Waals surface area contributed by atoms with Crippen molar-refractivity contribution in [2.75, 3.05) is 12.5 Å². The fraction of sp³-hybridized carbons (Fsp3) is 0.455. The van der Waals surface area contributed by atoms with Gasteiger partial charge in [0.25, 0.3) is 0 Å². The Balaban J connectivity index is 0.000000212. The van der Waals surface area contributed by atoms with E-state index in [2.05, 4.69) is 19.9 Å². The van der Waals surface area contributed by atoms with E-state index in [-0.39, 0.29) is 23.1 Å². The molecule has 0 fully saturated rings. The number of alkyl halides is 6. The number of aromatic nitrogens is 4. The lowest BCUT2D eigenvalue weighted by molar-refractivity contribution is -0.135. The van der Waals surface area contributed by atoms with E-state index < -0.39 is 41.5 Å². The Morgan fingerprint density at radius 3 is 1.68 bits per heavy atom. The van der Waals surface area contributed by atoms with Gasteiger partial charge in [-0.1, -0.05) is 0 Å². The number of hydrogen-bond donors (Lipinski definition) is 0. The van der Waals surface area contributed by atoms with E-state index in [0.29, 0.717) is 10.2 Å². The number of aryl methyl sites for hydroxylation is 4. The maximum Gasteiger partial charge on any atom is 0.389 e. The molecule has 0 radical (unpaired) electrons. The average Bonchev–Trinajstić information content (AvgIpc) is 3.34. The molecule has 208 valence electrons. The number of nitrogens with zero attached hydrogens (tertiary/aromatic N) is 4. The molecule has 0 aliphatic rings. The third-order valence-corrected chi connectivity index (χ3v) is 8.46. The van der Waals surface area contributed by atoms with E-state index in [1.807, 2.05) is 19.2 Å². The van der Waals surface area contributed by atoms with Gasteiger partial charge in [0.2, 0.25) is 0 Å². The number of sulfone groups is 1. The third-order valence-electron chi connectivity index (χ3n) is 4.86. The van der Waals surface area contributed by atoms with Crippen molar-refractivity contribution in [1.29, 1.82) is 0 Å². The lowest BCUT2D eigenvalue weighted by atomic mass is 10.3. The Hall–Kier alpha value is -2.04. The Morgan fingerprint density at radius 2 is 1.24 bits per heavy atom. The van der Waals surface area contributed by atoms with Crippen LogP contribution in [0.4, 0.5) is 26.3 Å². The number of thioether (sulfide) groups is 1. The van der Waals surface area contributed by atoms with Gasteiger partial charge >= 0.3 is 12.4 Å². The summed E-state index contributed by atoms with van der Waals surface area (Å²) < 4.78 is 96.6. The minimum atomic E-state index is -4.32. The Kier molecular flexibility index (Phi) is 9.31. The zero-order valence-electron chi connectivity index (χ0n) is 20.5. The highest BCUT2D eigenvalue weighted by atomic mass is 32.2. The van der Waals surface area contributed by atoms with Crippen LogP contribution < -0.4 is 0 Å². The maximum atomic E-state index is 12.2. The molecule has 0 unspecified atom stereocenters. The summed E-state index contributed by atoms with van der Waals surface area (Å²) in [6.45, 7) is 3.72. The molecule has 0 aromatic carbocycles. The smallest absolute Gasteiger partial charge is 0.226 e. The summed E-state index contributed by atoms with van der Waals surface area (Å²) >= 11 is 4.15. The highest BCUT2D eigenvalue weighted by Gasteiger charge is 2.28. The molecule has 0 saturated carbocycles. The van der Waals surface area contributed by atoms with Gasteiger partial charge < -0.3 is 0 Å². The Bertz CT molecular complexity index is 1550. The van der Waals surface area contributed by atoms with Crippen LogP contribution in [0.25, 0.3) is 20.4 Å². The first-order valence-electron chi connectivity index (χ1n) is 10.9. The van der Waals surface area contributed by atoms with Crippen molar-refractivity contribution in [1.82, 2.24) is 19.9 Å². The molecule has 6 nitrogen and oxygen atoms in total. The normalized spacial score (nSPS) is 12.7. The van der Waals surface area contributed by atoms with Crippen molar-refractivity contribution in [2.45, 2.75) is 61.9 Å². The fourth-order valence-corrected chi connectivity index (χ4v) is 6.61. The highest BCUT2D eigenvalue weighted by molar-refractivity contribution is 7.98. The van der Waals surface area contributed by atoms with Crippen molar-refractivity contribution < 1.29 is 34.8 Å². The van der Waals surface area contributed by atoms with Crippen LogP contribution >= 0.6 is 34.4 Å². The van der Waals surface area contributed by atoms with Gasteiger partial charge in [-0.15, -0.1) is 34.4 Å². The summed E-state index contributed by atoms with van der Waals surface area (Å²) in [5, 5.41) is 1.84. The van der Waals surface area contributed by atoms with E-state index in [9.17, 15) is 34.8 Å². The second-order valence-corrected chi connectivity index (χ2v) is 13.4. The topological polar surface area (TPSA) is 85.7 Å². The third kappa shape index (κ3) is 8.48. The van der Waals surface area contributed by atoms with Gasteiger partial charge in [-0.2, -0.15) is 26.3 Å². The summed E-state index contributed by atoms with van der Waals surface area (Å²) in [5.74, 6) is 0.170. The lowest BCUT2D eigenvalue weighted by Crippen LogP contribution is -2.12. The molecule has 0 spiro atoms. The molecule has 0 bridgehead atoms. The summed E-state index contributed by atoms with van der Waals surface area (Å²) in [7, 11) is -3.62. The van der Waals surface area contributed by atoms with Crippen LogP contribution in [0.2, 0.25) is 0 Å². The van der Waals surface area contributed by atoms with Gasteiger partial charge in [-0.05, 0) is 32.2 Å². The molecule has 38 heavy (non-hydrogen) atoms. The zero-order chi connectivity index (χ0) is 28.5. The van der Waals surface area contributed by atoms with Gasteiger partial charge in [0, 0.05) is 39.6 Å². The van der Waals surface area contributed by atoms with Crippen LogP contribution in [0.15, 0.2) is 22.2 Å². The minimum Gasteiger partial charge on any atom is -0.226 e. The summed E-state index contributed by atoms with van der Waals surface area (Å²) in [4.78, 5) is 19.3. The van der Waals surface area contributed by atoms with Gasteiger partial charge in [0.1, 0.15) is 26.3 Å². The molecule has 0 amide bonds. The number of rotatable bonds is 6. The zero-order valence-corrected chi connectivity index (χ0v) is 23.8. The molecule has 0 saturated heterocycles. The predicted octanol–water partition coefficient (Wildman–Crippen LogP) is 7.11. The Labute approximate surface area is 226 Å². The first-order chi connectivity index (χ1) is 17.4. The van der Waals surface area contributed by atoms with Crippen LogP contribution in [-0.2, 0) is 22.7 Å². The maximum absolute atomic E-state index is 12.2. The number of hydrogen-bond acceptors (Lipinski definition) is 9. The summed E-state index contributed by atoms with van der Waals surface area (Å²) in [6, 6.07) is 3.60. The molecular weight excluding hydrogens is 595 g/mol. The van der Waals surface area contributed by atoms with Gasteiger partial charge in [-0.25, -0.2) is 28.4 Å². The van der Waals surface area contributed by atoms with Crippen molar-refractivity contribution >= 4 is 64.7 Å². The van der Waals surface area contributed by atoms with Crippen molar-refractivity contribution in [3.05, 3.63) is 33.5 Å². The molecule has 4 rings (SSSR count). The number of halogens is 6. The van der Waals surface area contributed by atoms with Crippen molar-refractivity contribution in [2.24, 2.45) is 0 Å². The minimum absolute atomic E-state index is 0.0999. The lowest BCUT2D eigenvalue weighted by Gasteiger charge is -2.06. The quantitative estimate of drug-likeness (QED) is 0.130.